The normalized spacial score (nSPS) is 21.8. The third kappa shape index (κ3) is 18.5. The smallest absolute Gasteiger partial charge is 0.326 e. The lowest BCUT2D eigenvalue weighted by Crippen LogP contribution is -2.60. The van der Waals surface area contributed by atoms with Crippen molar-refractivity contribution in [3.63, 3.8) is 0 Å². The summed E-state index contributed by atoms with van der Waals surface area (Å²) in [7, 11) is -2.33. The van der Waals surface area contributed by atoms with Crippen molar-refractivity contribution in [3.05, 3.63) is 65.7 Å². The molecular formula is C45H65N7O12S. The van der Waals surface area contributed by atoms with E-state index in [4.69, 9.17) is 0 Å². The number of carboxylic acids is 1. The number of likely N-dealkylation sites (N-methyl/N-ethyl adjacent to an activating group) is 1. The number of aromatic hydroxyl groups is 1. The van der Waals surface area contributed by atoms with Crippen LogP contribution in [0.4, 0.5) is 4.79 Å². The number of Topliss-reactive ketones (excluding diaryl/α,β-unsaturated/α-hetero) is 1. The summed E-state index contributed by atoms with van der Waals surface area (Å²) in [4.78, 5) is 109. The number of nitrogens with one attached hydrogen (secondary N) is 6. The van der Waals surface area contributed by atoms with Crippen LogP contribution in [0.3, 0.4) is 0 Å². The molecule has 0 aromatic heterocycles. The van der Waals surface area contributed by atoms with Crippen LogP contribution < -0.4 is 31.9 Å². The second kappa shape index (κ2) is 26.0. The molecule has 0 bridgehead atoms. The monoisotopic (exact) mass is 927 g/mol. The maximum Gasteiger partial charge on any atom is 0.326 e. The summed E-state index contributed by atoms with van der Waals surface area (Å²) < 4.78 is 24.8. The first-order chi connectivity index (χ1) is 30.7. The molecule has 0 spiro atoms. The van der Waals surface area contributed by atoms with Gasteiger partial charge >= 0.3 is 12.0 Å². The zero-order valence-corrected chi connectivity index (χ0v) is 38.6. The molecule has 358 valence electrons. The fraction of sp³-hybridized carbons (Fsp3) is 0.556. The zero-order chi connectivity index (χ0) is 48.3. The number of carboxylic acid groups (broad SMARTS) is 1. The van der Waals surface area contributed by atoms with Crippen LogP contribution in [0, 0.1) is 5.92 Å². The van der Waals surface area contributed by atoms with Gasteiger partial charge in [-0.15, -0.1) is 0 Å². The van der Waals surface area contributed by atoms with E-state index in [-0.39, 0.29) is 75.9 Å². The minimum atomic E-state index is -3.71. The Morgan fingerprint density at radius 1 is 0.800 bits per heavy atom. The van der Waals surface area contributed by atoms with E-state index in [0.29, 0.717) is 6.42 Å². The summed E-state index contributed by atoms with van der Waals surface area (Å²) in [6.07, 6.45) is 1.70. The fourth-order valence-electron chi connectivity index (χ4n) is 7.21. The van der Waals surface area contributed by atoms with E-state index in [1.54, 1.807) is 44.2 Å². The number of nitrogens with zero attached hydrogens (tertiary/aromatic N) is 1. The number of urea groups is 1. The van der Waals surface area contributed by atoms with Gasteiger partial charge in [0.15, 0.2) is 0 Å². The van der Waals surface area contributed by atoms with Crippen molar-refractivity contribution in [2.45, 2.75) is 128 Å². The number of aryl methyl sites for hydroxylation is 2. The predicted molar refractivity (Wildman–Crippen MR) is 241 cm³/mol. The molecule has 1 fully saturated rings. The van der Waals surface area contributed by atoms with Gasteiger partial charge in [-0.1, -0.05) is 62.7 Å². The topological polar surface area (TPSA) is 287 Å². The second-order valence-corrected chi connectivity index (χ2v) is 19.0. The Kier molecular flexibility index (Phi) is 21.4. The number of amides is 7. The van der Waals surface area contributed by atoms with Gasteiger partial charge in [-0.05, 0) is 93.9 Å². The van der Waals surface area contributed by atoms with Gasteiger partial charge in [0.1, 0.15) is 57.6 Å². The Labute approximate surface area is 380 Å². The van der Waals surface area contributed by atoms with Crippen molar-refractivity contribution in [1.82, 2.24) is 36.8 Å². The first-order valence-corrected chi connectivity index (χ1v) is 24.0. The fourth-order valence-corrected chi connectivity index (χ4v) is 7.87. The van der Waals surface area contributed by atoms with Crippen LogP contribution in [0.1, 0.15) is 89.7 Å². The molecule has 0 unspecified atom stereocenters. The molecule has 0 aliphatic carbocycles. The van der Waals surface area contributed by atoms with Crippen molar-refractivity contribution in [3.8, 4) is 5.75 Å². The number of carbonyl (C=O) groups excluding carboxylic acids is 7. The summed E-state index contributed by atoms with van der Waals surface area (Å²) in [5.41, 5.74) is 1.53. The maximum absolute atomic E-state index is 14.7. The molecule has 20 heteroatoms. The van der Waals surface area contributed by atoms with Crippen LogP contribution in [-0.4, -0.2) is 133 Å². The molecule has 65 heavy (non-hydrogen) atoms. The van der Waals surface area contributed by atoms with Crippen LogP contribution in [0.2, 0.25) is 0 Å². The number of sulfone groups is 1. The molecular weight excluding hydrogens is 863 g/mol. The number of hydrogen-bond acceptors (Lipinski definition) is 11. The molecule has 1 aliphatic heterocycles. The second-order valence-electron chi connectivity index (χ2n) is 16.7. The standard InChI is InChI=1S/C45H65N7O12S/c1-6-28(2)38(44(60)61)51-45(62)50-33-14-10-11-26-46-39(55)34(22-15-29(3)53)48-42(58)37(24-19-31-16-20-32(54)21-17-31)52(4)43(59)36(23-18-30-12-8-7-9-13-30)49-41(57)35(47-40(33)56)25-27-65(5,63)64/h7-9,12-13,16-17,20-21,28,33-38,54H,6,10-11,14-15,18-19,22-27H2,1-5H3,(H,46,55)(H,47,56)(H,48,58)(H,49,57)(H,60,61)(H2,50,51,62)/t28-,33+,34-,35-,36-,37-,38-/m0/s1. The lowest BCUT2D eigenvalue weighted by molar-refractivity contribution is -0.143. The van der Waals surface area contributed by atoms with Crippen molar-refractivity contribution >= 4 is 57.2 Å². The predicted octanol–water partition coefficient (Wildman–Crippen LogP) is 1.51. The number of phenols is 1. The van der Waals surface area contributed by atoms with Gasteiger partial charge in [0.05, 0.1) is 5.75 Å². The molecule has 8 N–H and O–H groups in total. The van der Waals surface area contributed by atoms with E-state index < -0.39 is 106 Å². The molecule has 1 aliphatic rings. The summed E-state index contributed by atoms with van der Waals surface area (Å²) >= 11 is 0. The summed E-state index contributed by atoms with van der Waals surface area (Å²) in [6, 6.07) is 6.29. The van der Waals surface area contributed by atoms with Gasteiger partial charge in [0.25, 0.3) is 0 Å². The molecule has 19 nitrogen and oxygen atoms in total. The number of carbonyl (C=O) groups is 8. The SMILES string of the molecule is CC[C@H](C)[C@H](NC(=O)N[C@@H]1CCCCNC(=O)[C@H](CCC(C)=O)NC(=O)[C@H](CCc2ccc(O)cc2)N(C)C(=O)[C@H](CCc2ccccc2)NC(=O)[C@H](CCS(C)(=O)=O)NC1=O)C(=O)O. The molecule has 2 aromatic carbocycles. The zero-order valence-electron chi connectivity index (χ0n) is 37.8. The van der Waals surface area contributed by atoms with E-state index in [1.165, 1.54) is 26.1 Å². The minimum Gasteiger partial charge on any atom is -0.508 e. The van der Waals surface area contributed by atoms with Crippen LogP contribution >= 0.6 is 0 Å². The van der Waals surface area contributed by atoms with Crippen molar-refractivity contribution in [2.24, 2.45) is 5.92 Å². The Morgan fingerprint density at radius 3 is 2.02 bits per heavy atom. The average Bonchev–Trinajstić information content (AvgIpc) is 3.25. The molecule has 7 atom stereocenters. The molecule has 2 aromatic rings. The molecule has 0 saturated carbocycles. The number of phenolic OH excluding ortho intramolecular Hbond substituents is 1. The molecule has 3 rings (SSSR count). The van der Waals surface area contributed by atoms with E-state index >= 15 is 0 Å². The molecule has 1 heterocycles. The quantitative estimate of drug-likeness (QED) is 0.112. The molecule has 1 saturated heterocycles. The Balaban J connectivity index is 2.11. The third-order valence-corrected chi connectivity index (χ3v) is 12.4. The summed E-state index contributed by atoms with van der Waals surface area (Å²) in [6.45, 7) is 4.76. The van der Waals surface area contributed by atoms with Gasteiger partial charge < -0.3 is 51.8 Å². The third-order valence-electron chi connectivity index (χ3n) is 11.4. The van der Waals surface area contributed by atoms with Crippen LogP contribution in [0.5, 0.6) is 5.75 Å². The van der Waals surface area contributed by atoms with Gasteiger partial charge in [-0.2, -0.15) is 0 Å². The first kappa shape index (κ1) is 53.3. The highest BCUT2D eigenvalue weighted by atomic mass is 32.2. The van der Waals surface area contributed by atoms with Gasteiger partial charge in [-0.3, -0.25) is 24.0 Å². The number of aliphatic carboxylic acids is 1. The van der Waals surface area contributed by atoms with Gasteiger partial charge in [0.2, 0.25) is 29.5 Å². The van der Waals surface area contributed by atoms with Crippen LogP contribution in [0.15, 0.2) is 54.6 Å². The summed E-state index contributed by atoms with van der Waals surface area (Å²) in [5, 5.41) is 35.2. The van der Waals surface area contributed by atoms with Crippen molar-refractivity contribution < 1.29 is 57.0 Å². The number of hydrogen-bond donors (Lipinski definition) is 8. The highest BCUT2D eigenvalue weighted by Gasteiger charge is 2.36. The van der Waals surface area contributed by atoms with Gasteiger partial charge in [-0.25, -0.2) is 18.0 Å². The average molecular weight is 928 g/mol. The Bertz CT molecular complexity index is 2070. The minimum absolute atomic E-state index is 0.00705. The summed E-state index contributed by atoms with van der Waals surface area (Å²) in [5.74, 6) is -6.39. The van der Waals surface area contributed by atoms with E-state index in [9.17, 15) is 57.0 Å². The van der Waals surface area contributed by atoms with Crippen LogP contribution in [-0.2, 0) is 56.2 Å². The highest BCUT2D eigenvalue weighted by Crippen LogP contribution is 2.18. The molecule has 0 radical (unpaired) electrons. The largest absolute Gasteiger partial charge is 0.508 e. The van der Waals surface area contributed by atoms with Crippen molar-refractivity contribution in [2.75, 3.05) is 25.6 Å². The highest BCUT2D eigenvalue weighted by molar-refractivity contribution is 7.90. The van der Waals surface area contributed by atoms with E-state index in [2.05, 4.69) is 31.9 Å². The lowest BCUT2D eigenvalue weighted by atomic mass is 9.99. The van der Waals surface area contributed by atoms with Crippen LogP contribution in [0.25, 0.3) is 0 Å². The number of ketones is 1. The first-order valence-electron chi connectivity index (χ1n) is 21.9. The molecule has 7 amide bonds. The Hall–Kier alpha value is -6.05. The van der Waals surface area contributed by atoms with E-state index in [0.717, 1.165) is 22.3 Å². The van der Waals surface area contributed by atoms with Gasteiger partial charge in [0, 0.05) is 26.3 Å². The lowest BCUT2D eigenvalue weighted by Gasteiger charge is -2.33. The van der Waals surface area contributed by atoms with E-state index in [1.807, 2.05) is 12.1 Å². The number of rotatable bonds is 17. The Morgan fingerprint density at radius 2 is 1.40 bits per heavy atom. The maximum atomic E-state index is 14.7. The number of benzene rings is 2. The van der Waals surface area contributed by atoms with Crippen molar-refractivity contribution in [1.29, 1.82) is 0 Å².